The fraction of sp³-hybridized carbons (Fsp3) is 0.538. The zero-order valence-electron chi connectivity index (χ0n) is 9.74. The van der Waals surface area contributed by atoms with Crippen molar-refractivity contribution in [3.05, 3.63) is 35.1 Å². The molecule has 2 nitrogen and oxygen atoms in total. The van der Waals surface area contributed by atoms with E-state index in [1.807, 2.05) is 19.9 Å². The fourth-order valence-corrected chi connectivity index (χ4v) is 2.27. The maximum atomic E-state index is 13.6. The molecule has 3 atom stereocenters. The van der Waals surface area contributed by atoms with Crippen molar-refractivity contribution >= 4 is 0 Å². The number of halogens is 1. The molecule has 3 unspecified atom stereocenters. The molecule has 2 rings (SSSR count). The molecular weight excluding hydrogens is 205 g/mol. The van der Waals surface area contributed by atoms with Crippen molar-refractivity contribution < 1.29 is 9.13 Å². The van der Waals surface area contributed by atoms with Crippen molar-refractivity contribution in [3.63, 3.8) is 0 Å². The zero-order chi connectivity index (χ0) is 11.7. The van der Waals surface area contributed by atoms with Gasteiger partial charge < -0.3 is 10.5 Å². The molecule has 0 spiro atoms. The summed E-state index contributed by atoms with van der Waals surface area (Å²) in [4.78, 5) is 0. The summed E-state index contributed by atoms with van der Waals surface area (Å²) in [6, 6.07) is 4.83. The molecule has 3 heteroatoms. The van der Waals surface area contributed by atoms with Crippen molar-refractivity contribution in [3.8, 4) is 0 Å². The number of benzene rings is 1. The van der Waals surface area contributed by atoms with Crippen LogP contribution in [0, 0.1) is 18.7 Å². The third kappa shape index (κ3) is 2.25. The van der Waals surface area contributed by atoms with Crippen LogP contribution in [0.2, 0.25) is 0 Å². The molecule has 0 radical (unpaired) electrons. The highest BCUT2D eigenvalue weighted by atomic mass is 19.1. The normalized spacial score (nSPS) is 27.0. The molecule has 0 bridgehead atoms. The van der Waals surface area contributed by atoms with Crippen molar-refractivity contribution in [1.82, 2.24) is 0 Å². The molecule has 1 heterocycles. The molecule has 1 saturated heterocycles. The molecule has 0 saturated carbocycles. The van der Waals surface area contributed by atoms with Gasteiger partial charge in [0.25, 0.3) is 0 Å². The van der Waals surface area contributed by atoms with E-state index >= 15 is 0 Å². The third-order valence-electron chi connectivity index (χ3n) is 3.25. The fourth-order valence-electron chi connectivity index (χ4n) is 2.27. The Morgan fingerprint density at radius 2 is 2.25 bits per heavy atom. The molecule has 0 aromatic heterocycles. The lowest BCUT2D eigenvalue weighted by atomic mass is 9.91. The van der Waals surface area contributed by atoms with E-state index in [2.05, 4.69) is 0 Å². The molecule has 1 aliphatic heterocycles. The van der Waals surface area contributed by atoms with Crippen LogP contribution in [0.4, 0.5) is 4.39 Å². The Morgan fingerprint density at radius 3 is 2.88 bits per heavy atom. The predicted octanol–water partition coefficient (Wildman–Crippen LogP) is 2.56. The van der Waals surface area contributed by atoms with E-state index in [0.717, 1.165) is 12.0 Å². The van der Waals surface area contributed by atoms with Crippen LogP contribution in [0.1, 0.15) is 30.5 Å². The standard InChI is InChI=1S/C13H18FNO/c1-8-3-4-12(14)11(5-8)13(15)10-6-9(2)16-7-10/h3-5,9-10,13H,6-7,15H2,1-2H3. The van der Waals surface area contributed by atoms with E-state index in [4.69, 9.17) is 10.5 Å². The lowest BCUT2D eigenvalue weighted by Gasteiger charge is -2.19. The van der Waals surface area contributed by atoms with Crippen LogP contribution in [0.25, 0.3) is 0 Å². The van der Waals surface area contributed by atoms with E-state index in [-0.39, 0.29) is 23.9 Å². The second kappa shape index (κ2) is 4.52. The summed E-state index contributed by atoms with van der Waals surface area (Å²) in [7, 11) is 0. The summed E-state index contributed by atoms with van der Waals surface area (Å²) in [6.07, 6.45) is 1.15. The second-order valence-electron chi connectivity index (χ2n) is 4.69. The second-order valence-corrected chi connectivity index (χ2v) is 4.69. The zero-order valence-corrected chi connectivity index (χ0v) is 9.74. The van der Waals surface area contributed by atoms with Gasteiger partial charge in [-0.25, -0.2) is 4.39 Å². The van der Waals surface area contributed by atoms with E-state index in [9.17, 15) is 4.39 Å². The van der Waals surface area contributed by atoms with Gasteiger partial charge in [0.2, 0.25) is 0 Å². The summed E-state index contributed by atoms with van der Waals surface area (Å²) in [6.45, 7) is 4.61. The lowest BCUT2D eigenvalue weighted by molar-refractivity contribution is 0.118. The SMILES string of the molecule is Cc1ccc(F)c(C(N)C2COC(C)C2)c1. The van der Waals surface area contributed by atoms with Gasteiger partial charge in [-0.15, -0.1) is 0 Å². The summed E-state index contributed by atoms with van der Waals surface area (Å²) in [5.41, 5.74) is 7.77. The van der Waals surface area contributed by atoms with Crippen molar-refractivity contribution in [2.24, 2.45) is 11.7 Å². The average molecular weight is 223 g/mol. The number of rotatable bonds is 2. The molecule has 0 amide bonds. The number of nitrogens with two attached hydrogens (primary N) is 1. The first kappa shape index (κ1) is 11.6. The van der Waals surface area contributed by atoms with Gasteiger partial charge in [-0.1, -0.05) is 17.7 Å². The van der Waals surface area contributed by atoms with Crippen LogP contribution in [0.3, 0.4) is 0 Å². The van der Waals surface area contributed by atoms with E-state index in [1.165, 1.54) is 6.07 Å². The predicted molar refractivity (Wildman–Crippen MR) is 61.6 cm³/mol. The third-order valence-corrected chi connectivity index (χ3v) is 3.25. The highest BCUT2D eigenvalue weighted by Crippen LogP contribution is 2.31. The Morgan fingerprint density at radius 1 is 1.50 bits per heavy atom. The smallest absolute Gasteiger partial charge is 0.128 e. The Hall–Kier alpha value is -0.930. The van der Waals surface area contributed by atoms with Crippen LogP contribution < -0.4 is 5.73 Å². The van der Waals surface area contributed by atoms with E-state index < -0.39 is 0 Å². The Bertz CT molecular complexity index is 380. The summed E-state index contributed by atoms with van der Waals surface area (Å²) in [5.74, 6) is 0.0175. The molecule has 1 fully saturated rings. The van der Waals surface area contributed by atoms with Gasteiger partial charge in [-0.05, 0) is 26.3 Å². The van der Waals surface area contributed by atoms with Crippen LogP contribution in [-0.2, 0) is 4.74 Å². The Kier molecular flexibility index (Phi) is 3.26. The highest BCUT2D eigenvalue weighted by Gasteiger charge is 2.29. The van der Waals surface area contributed by atoms with Gasteiger partial charge in [-0.2, -0.15) is 0 Å². The van der Waals surface area contributed by atoms with Gasteiger partial charge in [0, 0.05) is 17.5 Å². The van der Waals surface area contributed by atoms with Gasteiger partial charge in [0.1, 0.15) is 5.82 Å². The maximum absolute atomic E-state index is 13.6. The minimum Gasteiger partial charge on any atom is -0.378 e. The van der Waals surface area contributed by atoms with Crippen molar-refractivity contribution in [2.45, 2.75) is 32.4 Å². The maximum Gasteiger partial charge on any atom is 0.128 e. The molecule has 1 aromatic carbocycles. The van der Waals surface area contributed by atoms with Crippen LogP contribution in [0.15, 0.2) is 18.2 Å². The monoisotopic (exact) mass is 223 g/mol. The minimum absolute atomic E-state index is 0.211. The number of aryl methyl sites for hydroxylation is 1. The first-order chi connectivity index (χ1) is 7.58. The van der Waals surface area contributed by atoms with Gasteiger partial charge >= 0.3 is 0 Å². The summed E-state index contributed by atoms with van der Waals surface area (Å²) in [5, 5.41) is 0. The Labute approximate surface area is 95.6 Å². The molecule has 88 valence electrons. The quantitative estimate of drug-likeness (QED) is 0.836. The molecule has 2 N–H and O–H groups in total. The number of ether oxygens (including phenoxy) is 1. The van der Waals surface area contributed by atoms with E-state index in [0.29, 0.717) is 12.2 Å². The Balaban J connectivity index is 2.20. The molecule has 16 heavy (non-hydrogen) atoms. The molecular formula is C13H18FNO. The molecule has 1 aliphatic rings. The van der Waals surface area contributed by atoms with Gasteiger partial charge in [0.05, 0.1) is 12.7 Å². The first-order valence-corrected chi connectivity index (χ1v) is 5.71. The minimum atomic E-state index is -0.259. The largest absolute Gasteiger partial charge is 0.378 e. The van der Waals surface area contributed by atoms with Crippen LogP contribution in [-0.4, -0.2) is 12.7 Å². The van der Waals surface area contributed by atoms with Gasteiger partial charge in [-0.3, -0.25) is 0 Å². The topological polar surface area (TPSA) is 35.2 Å². The van der Waals surface area contributed by atoms with Crippen molar-refractivity contribution in [1.29, 1.82) is 0 Å². The van der Waals surface area contributed by atoms with Crippen LogP contribution >= 0.6 is 0 Å². The molecule has 0 aliphatic carbocycles. The number of hydrogen-bond donors (Lipinski definition) is 1. The van der Waals surface area contributed by atoms with Crippen LogP contribution in [0.5, 0.6) is 0 Å². The summed E-state index contributed by atoms with van der Waals surface area (Å²) < 4.78 is 19.1. The lowest BCUT2D eigenvalue weighted by Crippen LogP contribution is -2.23. The summed E-state index contributed by atoms with van der Waals surface area (Å²) >= 11 is 0. The molecule has 1 aromatic rings. The highest BCUT2D eigenvalue weighted by molar-refractivity contribution is 5.27. The average Bonchev–Trinajstić information content (AvgIpc) is 2.67. The van der Waals surface area contributed by atoms with Gasteiger partial charge in [0.15, 0.2) is 0 Å². The van der Waals surface area contributed by atoms with Crippen molar-refractivity contribution in [2.75, 3.05) is 6.61 Å². The number of hydrogen-bond acceptors (Lipinski definition) is 2. The van der Waals surface area contributed by atoms with E-state index in [1.54, 1.807) is 6.07 Å². The first-order valence-electron chi connectivity index (χ1n) is 5.71.